The molecule has 4 N–H and O–H groups in total. The monoisotopic (exact) mass is 615 g/mol. The summed E-state index contributed by atoms with van der Waals surface area (Å²) in [6.45, 7) is 0.998. The van der Waals surface area contributed by atoms with Crippen LogP contribution in [0.1, 0.15) is 53.6 Å². The Morgan fingerprint density at radius 1 is 1.08 bits per heavy atom. The van der Waals surface area contributed by atoms with E-state index in [0.717, 1.165) is 53.1 Å². The van der Waals surface area contributed by atoms with Gasteiger partial charge >= 0.3 is 6.18 Å². The Kier molecular flexibility index (Phi) is 7.96. The summed E-state index contributed by atoms with van der Waals surface area (Å²) in [5, 5.41) is 20.1. The Hall–Kier alpha value is -2.18. The van der Waals surface area contributed by atoms with Crippen LogP contribution in [0.3, 0.4) is 0 Å². The molecule has 36 heavy (non-hydrogen) atoms. The second kappa shape index (κ2) is 10.7. The summed E-state index contributed by atoms with van der Waals surface area (Å²) >= 11 is 2.23. The summed E-state index contributed by atoms with van der Waals surface area (Å²) in [7, 11) is 0. The lowest BCUT2D eigenvalue weighted by Gasteiger charge is -2.44. The van der Waals surface area contributed by atoms with E-state index in [9.17, 15) is 27.9 Å². The molecule has 1 atom stereocenters. The van der Waals surface area contributed by atoms with Gasteiger partial charge in [-0.2, -0.15) is 13.2 Å². The van der Waals surface area contributed by atoms with E-state index in [0.29, 0.717) is 19.4 Å². The fourth-order valence-electron chi connectivity index (χ4n) is 5.39. The lowest BCUT2D eigenvalue weighted by Crippen LogP contribution is -2.58. The lowest BCUT2D eigenvalue weighted by molar-refractivity contribution is -0.137. The van der Waals surface area contributed by atoms with Gasteiger partial charge in [-0.1, -0.05) is 18.2 Å². The van der Waals surface area contributed by atoms with Crippen LogP contribution < -0.4 is 16.0 Å². The highest BCUT2D eigenvalue weighted by Crippen LogP contribution is 2.44. The van der Waals surface area contributed by atoms with Gasteiger partial charge in [-0.05, 0) is 103 Å². The summed E-state index contributed by atoms with van der Waals surface area (Å²) in [6, 6.07) is 12.0. The van der Waals surface area contributed by atoms with Crippen LogP contribution in [-0.4, -0.2) is 42.1 Å². The van der Waals surface area contributed by atoms with Gasteiger partial charge in [-0.15, -0.1) is 0 Å². The van der Waals surface area contributed by atoms with Gasteiger partial charge in [-0.25, -0.2) is 0 Å². The van der Waals surface area contributed by atoms with Crippen molar-refractivity contribution in [3.8, 4) is 0 Å². The predicted molar refractivity (Wildman–Crippen MR) is 137 cm³/mol. The zero-order valence-corrected chi connectivity index (χ0v) is 21.8. The van der Waals surface area contributed by atoms with E-state index in [2.05, 4.69) is 38.5 Å². The van der Waals surface area contributed by atoms with Crippen LogP contribution in [0, 0.1) is 9.49 Å². The van der Waals surface area contributed by atoms with Crippen LogP contribution in [0.25, 0.3) is 0 Å². The second-order valence-electron chi connectivity index (χ2n) is 9.71. The molecule has 1 saturated heterocycles. The molecule has 0 bridgehead atoms. The van der Waals surface area contributed by atoms with E-state index in [1.807, 2.05) is 24.3 Å². The molecular weight excluding hydrogens is 586 g/mol. The van der Waals surface area contributed by atoms with Crippen molar-refractivity contribution in [1.82, 2.24) is 16.0 Å². The highest BCUT2D eigenvalue weighted by Gasteiger charge is 2.46. The number of amides is 2. The van der Waals surface area contributed by atoms with Crippen LogP contribution in [0.15, 0.2) is 48.5 Å². The van der Waals surface area contributed by atoms with Crippen molar-refractivity contribution in [3.05, 3.63) is 68.8 Å². The van der Waals surface area contributed by atoms with Crippen molar-refractivity contribution in [2.24, 2.45) is 5.92 Å². The smallest absolute Gasteiger partial charge is 0.385 e. The van der Waals surface area contributed by atoms with E-state index in [4.69, 9.17) is 0 Å². The number of hydrogen-bond donors (Lipinski definition) is 4. The molecule has 2 fully saturated rings. The number of carbonyl (C=O) groups excluding carboxylic acids is 2. The van der Waals surface area contributed by atoms with Crippen molar-refractivity contribution in [3.63, 3.8) is 0 Å². The lowest BCUT2D eigenvalue weighted by atomic mass is 9.68. The Bertz CT molecular complexity index is 1090. The first-order valence-electron chi connectivity index (χ1n) is 12.0. The number of benzene rings is 2. The molecule has 2 aromatic rings. The van der Waals surface area contributed by atoms with Crippen molar-refractivity contribution in [2.75, 3.05) is 19.6 Å². The third-order valence-electron chi connectivity index (χ3n) is 7.41. The van der Waals surface area contributed by atoms with Gasteiger partial charge in [0, 0.05) is 15.7 Å². The number of carbonyl (C=O) groups is 2. The normalized spacial score (nSPS) is 26.4. The van der Waals surface area contributed by atoms with Crippen LogP contribution >= 0.6 is 22.6 Å². The number of hydrogen-bond acceptors (Lipinski definition) is 4. The predicted octanol–water partition coefficient (Wildman–Crippen LogP) is 3.97. The molecule has 1 aliphatic heterocycles. The maximum atomic E-state index is 12.9. The van der Waals surface area contributed by atoms with Crippen molar-refractivity contribution in [1.29, 1.82) is 0 Å². The number of nitrogens with one attached hydrogen (secondary N) is 3. The minimum absolute atomic E-state index is 0.153. The number of alkyl halides is 3. The Morgan fingerprint density at radius 2 is 1.78 bits per heavy atom. The standard InChI is InChI=1S/C26H29F3IN3O3/c27-26(28,29)20-3-1-2-17(14-20)23(35)32-15-22(34)33-24(12-13-31-16-24)18-8-10-25(36,11-9-18)19-4-6-21(30)7-5-19/h1-7,14,18,31,36H,8-13,15-16H2,(H,32,35)(H,33,34)/t18?,24-,25?/m0/s1. The fraction of sp³-hybridized carbons (Fsp3) is 0.462. The van der Waals surface area contributed by atoms with E-state index in [1.165, 1.54) is 6.07 Å². The molecule has 2 aliphatic rings. The molecule has 1 saturated carbocycles. The minimum Gasteiger partial charge on any atom is -0.385 e. The summed E-state index contributed by atoms with van der Waals surface area (Å²) in [6.07, 6.45) is -1.18. The average Bonchev–Trinajstić information content (AvgIpc) is 3.32. The molecule has 1 aliphatic carbocycles. The SMILES string of the molecule is O=C(CNC(=O)c1cccc(C(F)(F)F)c1)N[C@@]1(C2CCC(O)(c3ccc(I)cc3)CC2)CCNC1. The number of halogens is 4. The van der Waals surface area contributed by atoms with Gasteiger partial charge in [0.1, 0.15) is 0 Å². The van der Waals surface area contributed by atoms with Crippen molar-refractivity contribution >= 4 is 34.4 Å². The van der Waals surface area contributed by atoms with Crippen LogP contribution in [0.4, 0.5) is 13.2 Å². The van der Waals surface area contributed by atoms with Gasteiger partial charge in [0.25, 0.3) is 5.91 Å². The van der Waals surface area contributed by atoms with Crippen molar-refractivity contribution in [2.45, 2.75) is 49.4 Å². The molecule has 194 valence electrons. The maximum absolute atomic E-state index is 12.9. The Balaban J connectivity index is 1.36. The molecule has 0 spiro atoms. The third kappa shape index (κ3) is 6.03. The van der Waals surface area contributed by atoms with Crippen LogP contribution in [0.5, 0.6) is 0 Å². The Morgan fingerprint density at radius 3 is 2.39 bits per heavy atom. The molecule has 4 rings (SSSR count). The van der Waals surface area contributed by atoms with Crippen LogP contribution in [-0.2, 0) is 16.6 Å². The quantitative estimate of drug-likeness (QED) is 0.371. The molecule has 0 aromatic heterocycles. The molecule has 10 heteroatoms. The highest BCUT2D eigenvalue weighted by molar-refractivity contribution is 14.1. The minimum atomic E-state index is -4.55. The van der Waals surface area contributed by atoms with E-state index < -0.39 is 34.7 Å². The number of rotatable bonds is 6. The molecule has 0 unspecified atom stereocenters. The maximum Gasteiger partial charge on any atom is 0.416 e. The Labute approximate surface area is 221 Å². The van der Waals surface area contributed by atoms with E-state index in [1.54, 1.807) is 0 Å². The summed E-state index contributed by atoms with van der Waals surface area (Å²) in [5.74, 6) is -0.979. The average molecular weight is 615 g/mol. The van der Waals surface area contributed by atoms with E-state index >= 15 is 0 Å². The van der Waals surface area contributed by atoms with Crippen LogP contribution in [0.2, 0.25) is 0 Å². The van der Waals surface area contributed by atoms with Gasteiger partial charge < -0.3 is 21.1 Å². The zero-order valence-electron chi connectivity index (χ0n) is 19.6. The van der Waals surface area contributed by atoms with Gasteiger partial charge in [0.15, 0.2) is 0 Å². The fourth-order valence-corrected chi connectivity index (χ4v) is 5.75. The highest BCUT2D eigenvalue weighted by atomic mass is 127. The van der Waals surface area contributed by atoms with E-state index in [-0.39, 0.29) is 18.0 Å². The molecule has 6 nitrogen and oxygen atoms in total. The van der Waals surface area contributed by atoms with Gasteiger partial charge in [-0.3, -0.25) is 9.59 Å². The second-order valence-corrected chi connectivity index (χ2v) is 11.0. The molecular formula is C26H29F3IN3O3. The topological polar surface area (TPSA) is 90.5 Å². The first-order chi connectivity index (χ1) is 17.0. The molecule has 2 aromatic carbocycles. The molecule has 0 radical (unpaired) electrons. The summed E-state index contributed by atoms with van der Waals surface area (Å²) < 4.78 is 39.9. The largest absolute Gasteiger partial charge is 0.416 e. The third-order valence-corrected chi connectivity index (χ3v) is 8.13. The zero-order chi connectivity index (χ0) is 26.0. The first-order valence-corrected chi connectivity index (χ1v) is 13.0. The van der Waals surface area contributed by atoms with Crippen molar-refractivity contribution < 1.29 is 27.9 Å². The van der Waals surface area contributed by atoms with Gasteiger partial charge in [0.05, 0.1) is 23.2 Å². The molecule has 2 amide bonds. The molecule has 1 heterocycles. The summed E-state index contributed by atoms with van der Waals surface area (Å²) in [4.78, 5) is 25.2. The van der Waals surface area contributed by atoms with Gasteiger partial charge in [0.2, 0.25) is 5.91 Å². The summed E-state index contributed by atoms with van der Waals surface area (Å²) in [5.41, 5.74) is -1.56. The first kappa shape index (κ1) is 26.9. The number of aliphatic hydroxyl groups is 1.